The summed E-state index contributed by atoms with van der Waals surface area (Å²) in [5.74, 6) is 2.15. The maximum absolute atomic E-state index is 4.81. The lowest BCUT2D eigenvalue weighted by Crippen LogP contribution is -2.33. The average Bonchev–Trinajstić information content (AvgIpc) is 3.40. The second-order valence-electron chi connectivity index (χ2n) is 10.2. The molecule has 7 rings (SSSR count). The molecule has 1 unspecified atom stereocenters. The molecule has 1 aromatic heterocycles. The molecule has 3 nitrogen and oxygen atoms in total. The van der Waals surface area contributed by atoms with E-state index in [1.807, 2.05) is 11.8 Å². The number of fused-ring (bicyclic) bond motifs is 4. The largest absolute Gasteiger partial charge is 0.278 e. The summed E-state index contributed by atoms with van der Waals surface area (Å²) in [6, 6.07) is 26.7. The quantitative estimate of drug-likeness (QED) is 0.291. The second-order valence-corrected chi connectivity index (χ2v) is 11.2. The minimum atomic E-state index is 0.1000. The molecule has 36 heavy (non-hydrogen) atoms. The number of rotatable bonds is 3. The number of allylic oxidation sites excluding steroid dienone is 4. The van der Waals surface area contributed by atoms with Crippen LogP contribution in [-0.4, -0.2) is 14.8 Å². The molecule has 1 aliphatic heterocycles. The summed E-state index contributed by atoms with van der Waals surface area (Å²) in [6.45, 7) is 0. The van der Waals surface area contributed by atoms with Gasteiger partial charge in [0, 0.05) is 32.4 Å². The van der Waals surface area contributed by atoms with Crippen molar-refractivity contribution in [1.82, 2.24) is 14.8 Å². The van der Waals surface area contributed by atoms with Gasteiger partial charge in [-0.2, -0.15) is 0 Å². The molecular weight excluding hydrogens is 458 g/mol. The normalized spacial score (nSPS) is 19.7. The Morgan fingerprint density at radius 1 is 0.778 bits per heavy atom. The van der Waals surface area contributed by atoms with Crippen LogP contribution in [0.4, 0.5) is 0 Å². The number of benzene rings is 3. The SMILES string of the molecule is C1=CCC(c2nnc(-c3ccc4c(c3)C3(CCCCC3)c3ccccc3S4)n2-c2ccccc2)C=C1. The van der Waals surface area contributed by atoms with Gasteiger partial charge in [-0.05, 0) is 60.7 Å². The van der Waals surface area contributed by atoms with Gasteiger partial charge in [-0.25, -0.2) is 0 Å². The van der Waals surface area contributed by atoms with Gasteiger partial charge in [-0.15, -0.1) is 10.2 Å². The highest BCUT2D eigenvalue weighted by Gasteiger charge is 2.42. The van der Waals surface area contributed by atoms with Crippen molar-refractivity contribution in [1.29, 1.82) is 0 Å². The van der Waals surface area contributed by atoms with Gasteiger partial charge >= 0.3 is 0 Å². The van der Waals surface area contributed by atoms with Gasteiger partial charge in [-0.1, -0.05) is 97.8 Å². The zero-order valence-electron chi connectivity index (χ0n) is 20.3. The van der Waals surface area contributed by atoms with Crippen LogP contribution in [0.3, 0.4) is 0 Å². The van der Waals surface area contributed by atoms with Gasteiger partial charge in [0.05, 0.1) is 0 Å². The first-order valence-corrected chi connectivity index (χ1v) is 13.9. The summed E-state index contributed by atoms with van der Waals surface area (Å²) in [5.41, 5.74) is 5.36. The minimum absolute atomic E-state index is 0.1000. The van der Waals surface area contributed by atoms with Crippen molar-refractivity contribution >= 4 is 11.8 Å². The Labute approximate surface area is 217 Å². The fourth-order valence-corrected chi connectivity index (χ4v) is 7.62. The van der Waals surface area contributed by atoms with Gasteiger partial charge in [-0.3, -0.25) is 4.57 Å². The van der Waals surface area contributed by atoms with Crippen LogP contribution >= 0.6 is 11.8 Å². The van der Waals surface area contributed by atoms with E-state index in [4.69, 9.17) is 10.2 Å². The third-order valence-electron chi connectivity index (χ3n) is 8.10. The van der Waals surface area contributed by atoms with E-state index in [1.165, 1.54) is 53.0 Å². The number of hydrogen-bond acceptors (Lipinski definition) is 3. The lowest BCUT2D eigenvalue weighted by molar-refractivity contribution is 0.335. The number of para-hydroxylation sites is 1. The first-order chi connectivity index (χ1) is 17.8. The van der Waals surface area contributed by atoms with Crippen LogP contribution in [0, 0.1) is 0 Å². The van der Waals surface area contributed by atoms with Crippen molar-refractivity contribution in [3.63, 3.8) is 0 Å². The van der Waals surface area contributed by atoms with Crippen molar-refractivity contribution in [3.8, 4) is 17.1 Å². The molecule has 178 valence electrons. The molecule has 0 N–H and O–H groups in total. The number of aromatic nitrogens is 3. The van der Waals surface area contributed by atoms with Crippen molar-refractivity contribution < 1.29 is 0 Å². The standard InChI is InChI=1S/C32H29N3S/c1-4-12-23(13-5-1)30-33-34-31(35(30)25-14-6-2-7-15-25)24-18-19-29-27(22-24)32(20-10-3-11-21-32)26-16-8-9-17-28(26)36-29/h1-2,4-9,12,14-19,22-23H,3,10-11,13,20-21H2. The molecule has 0 bridgehead atoms. The lowest BCUT2D eigenvalue weighted by atomic mass is 9.65. The van der Waals surface area contributed by atoms with E-state index in [0.717, 1.165) is 29.3 Å². The summed E-state index contributed by atoms with van der Waals surface area (Å²) >= 11 is 1.92. The van der Waals surface area contributed by atoms with E-state index < -0.39 is 0 Å². The van der Waals surface area contributed by atoms with E-state index in [2.05, 4.69) is 102 Å². The van der Waals surface area contributed by atoms with E-state index in [0.29, 0.717) is 0 Å². The van der Waals surface area contributed by atoms with Gasteiger partial charge in [0.25, 0.3) is 0 Å². The summed E-state index contributed by atoms with van der Waals surface area (Å²) in [6.07, 6.45) is 16.0. The molecule has 2 aliphatic carbocycles. The monoisotopic (exact) mass is 487 g/mol. The summed E-state index contributed by atoms with van der Waals surface area (Å²) < 4.78 is 2.27. The van der Waals surface area contributed by atoms with Crippen LogP contribution < -0.4 is 0 Å². The van der Waals surface area contributed by atoms with Gasteiger partial charge in [0.1, 0.15) is 5.82 Å². The predicted molar refractivity (Wildman–Crippen MR) is 147 cm³/mol. The van der Waals surface area contributed by atoms with Gasteiger partial charge in [0.15, 0.2) is 5.82 Å². The molecular formula is C32H29N3S. The zero-order valence-corrected chi connectivity index (χ0v) is 21.1. The molecule has 1 fully saturated rings. The minimum Gasteiger partial charge on any atom is -0.278 e. The molecule has 3 aromatic carbocycles. The maximum Gasteiger partial charge on any atom is 0.168 e. The first-order valence-electron chi connectivity index (χ1n) is 13.1. The van der Waals surface area contributed by atoms with Crippen LogP contribution in [0.1, 0.15) is 61.4 Å². The van der Waals surface area contributed by atoms with Crippen molar-refractivity contribution in [3.05, 3.63) is 114 Å². The van der Waals surface area contributed by atoms with E-state index in [-0.39, 0.29) is 11.3 Å². The third kappa shape index (κ3) is 3.50. The first kappa shape index (κ1) is 21.9. The molecule has 4 aromatic rings. The summed E-state index contributed by atoms with van der Waals surface area (Å²) in [4.78, 5) is 2.82. The van der Waals surface area contributed by atoms with Crippen LogP contribution in [0.25, 0.3) is 17.1 Å². The Balaban J connectivity index is 1.40. The van der Waals surface area contributed by atoms with Crippen molar-refractivity contribution in [2.45, 2.75) is 59.6 Å². The molecule has 0 radical (unpaired) electrons. The average molecular weight is 488 g/mol. The molecule has 1 spiro atoms. The third-order valence-corrected chi connectivity index (χ3v) is 9.25. The van der Waals surface area contributed by atoms with E-state index in [9.17, 15) is 0 Å². The summed E-state index contributed by atoms with van der Waals surface area (Å²) in [5, 5.41) is 9.58. The van der Waals surface area contributed by atoms with Crippen LogP contribution in [0.2, 0.25) is 0 Å². The van der Waals surface area contributed by atoms with Crippen LogP contribution in [0.15, 0.2) is 107 Å². The fraction of sp³-hybridized carbons (Fsp3) is 0.250. The predicted octanol–water partition coefficient (Wildman–Crippen LogP) is 8.25. The van der Waals surface area contributed by atoms with Crippen LogP contribution in [0.5, 0.6) is 0 Å². The Morgan fingerprint density at radius 2 is 1.58 bits per heavy atom. The molecule has 1 atom stereocenters. The Bertz CT molecular complexity index is 1470. The van der Waals surface area contributed by atoms with Crippen molar-refractivity contribution in [2.75, 3.05) is 0 Å². The second kappa shape index (κ2) is 8.94. The Morgan fingerprint density at radius 3 is 2.42 bits per heavy atom. The Hall–Kier alpha value is -3.37. The zero-order chi connectivity index (χ0) is 24.0. The van der Waals surface area contributed by atoms with E-state index >= 15 is 0 Å². The molecule has 3 aliphatic rings. The lowest BCUT2D eigenvalue weighted by Gasteiger charge is -2.43. The smallest absolute Gasteiger partial charge is 0.168 e. The molecule has 1 saturated carbocycles. The highest BCUT2D eigenvalue weighted by molar-refractivity contribution is 7.99. The number of nitrogens with zero attached hydrogens (tertiary/aromatic N) is 3. The van der Waals surface area contributed by atoms with Gasteiger partial charge in [0.2, 0.25) is 0 Å². The van der Waals surface area contributed by atoms with Crippen molar-refractivity contribution in [2.24, 2.45) is 0 Å². The highest BCUT2D eigenvalue weighted by Crippen LogP contribution is 2.55. The molecule has 0 amide bonds. The number of hydrogen-bond donors (Lipinski definition) is 0. The topological polar surface area (TPSA) is 30.7 Å². The molecule has 0 saturated heterocycles. The molecule has 4 heteroatoms. The molecule has 2 heterocycles. The Kier molecular flexibility index (Phi) is 5.43. The summed E-state index contributed by atoms with van der Waals surface area (Å²) in [7, 11) is 0. The highest BCUT2D eigenvalue weighted by atomic mass is 32.2. The van der Waals surface area contributed by atoms with Crippen LogP contribution in [-0.2, 0) is 5.41 Å². The maximum atomic E-state index is 4.81. The van der Waals surface area contributed by atoms with Gasteiger partial charge < -0.3 is 0 Å². The van der Waals surface area contributed by atoms with E-state index in [1.54, 1.807) is 0 Å². The fourth-order valence-electron chi connectivity index (χ4n) is 6.37.